The van der Waals surface area contributed by atoms with E-state index in [9.17, 15) is 18.0 Å². The normalized spacial score (nSPS) is 11.6. The molecule has 0 aliphatic heterocycles. The number of benzene rings is 2. The molecule has 0 atom stereocenters. The first-order valence-corrected chi connectivity index (χ1v) is 11.2. The first-order valence-electron chi connectivity index (χ1n) is 10.9. The molecule has 2 aromatic carbocycles. The van der Waals surface area contributed by atoms with Crippen LogP contribution in [0.1, 0.15) is 21.5 Å². The third-order valence-electron chi connectivity index (χ3n) is 5.59. The third kappa shape index (κ3) is 4.94. The lowest BCUT2D eigenvalue weighted by molar-refractivity contribution is -0.137. The average molecular weight is 524 g/mol. The van der Waals surface area contributed by atoms with E-state index >= 15 is 0 Å². The van der Waals surface area contributed by atoms with Crippen molar-refractivity contribution in [2.75, 3.05) is 11.1 Å². The summed E-state index contributed by atoms with van der Waals surface area (Å²) in [5.74, 6) is -0.587. The number of anilines is 2. The van der Waals surface area contributed by atoms with Gasteiger partial charge in [0.25, 0.3) is 5.91 Å². The zero-order chi connectivity index (χ0) is 26.2. The number of pyridine rings is 1. The summed E-state index contributed by atoms with van der Waals surface area (Å²) in [4.78, 5) is 24.8. The maximum atomic E-state index is 12.9. The van der Waals surface area contributed by atoms with Crippen molar-refractivity contribution in [1.29, 1.82) is 0 Å². The van der Waals surface area contributed by atoms with E-state index in [1.807, 2.05) is 18.2 Å². The summed E-state index contributed by atoms with van der Waals surface area (Å²) in [7, 11) is 0. The van der Waals surface area contributed by atoms with Crippen molar-refractivity contribution in [3.8, 4) is 11.3 Å². The molecule has 1 amide bonds. The van der Waals surface area contributed by atoms with Crippen molar-refractivity contribution in [3.05, 3.63) is 94.9 Å². The van der Waals surface area contributed by atoms with Crippen LogP contribution in [-0.2, 0) is 12.7 Å². The monoisotopic (exact) mass is 523 g/mol. The molecule has 0 radical (unpaired) electrons. The number of nitrogen functional groups attached to an aromatic ring is 1. The smallest absolute Gasteiger partial charge is 0.383 e. The van der Waals surface area contributed by atoms with Gasteiger partial charge >= 0.3 is 6.18 Å². The summed E-state index contributed by atoms with van der Waals surface area (Å²) in [6.45, 7) is 0.344. The summed E-state index contributed by atoms with van der Waals surface area (Å²) in [5.41, 5.74) is 7.96. The SMILES string of the molecule is Nc1ncnc2c1c(-c1ccc(C(=O)Nc3cc(C(F)(F)F)ccn3)cc1)nn2Cc1ccccc1Cl. The van der Waals surface area contributed by atoms with Gasteiger partial charge in [0.05, 0.1) is 17.5 Å². The molecular formula is C25H17ClF3N7O. The molecule has 8 nitrogen and oxygen atoms in total. The van der Waals surface area contributed by atoms with Crippen molar-refractivity contribution in [3.63, 3.8) is 0 Å². The number of hydrogen-bond donors (Lipinski definition) is 2. The minimum Gasteiger partial charge on any atom is -0.383 e. The fourth-order valence-corrected chi connectivity index (χ4v) is 3.97. The molecule has 0 spiro atoms. The topological polar surface area (TPSA) is 112 Å². The molecule has 0 fully saturated rings. The second-order valence-electron chi connectivity index (χ2n) is 8.01. The maximum Gasteiger partial charge on any atom is 0.416 e. The van der Waals surface area contributed by atoms with Gasteiger partial charge in [0.15, 0.2) is 5.65 Å². The second kappa shape index (κ2) is 9.51. The predicted molar refractivity (Wildman–Crippen MR) is 133 cm³/mol. The molecule has 3 heterocycles. The number of nitrogens with zero attached hydrogens (tertiary/aromatic N) is 5. The Morgan fingerprint density at radius 1 is 1.03 bits per heavy atom. The zero-order valence-corrected chi connectivity index (χ0v) is 19.6. The first kappa shape index (κ1) is 24.2. The van der Waals surface area contributed by atoms with Crippen LogP contribution < -0.4 is 11.1 Å². The standard InChI is InChI=1S/C25H17ClF3N7O/c26-18-4-2-1-3-16(18)12-36-23-20(22(30)32-13-33-23)21(35-36)14-5-7-15(8-6-14)24(37)34-19-11-17(9-10-31-19)25(27,28)29/h1-11,13H,12H2,(H2,30,32,33)(H,31,34,37). The lowest BCUT2D eigenvalue weighted by Gasteiger charge is -2.09. The van der Waals surface area contributed by atoms with Crippen LogP contribution in [0.25, 0.3) is 22.3 Å². The highest BCUT2D eigenvalue weighted by Crippen LogP contribution is 2.32. The van der Waals surface area contributed by atoms with E-state index in [2.05, 4.69) is 20.3 Å². The van der Waals surface area contributed by atoms with Gasteiger partial charge in [-0.25, -0.2) is 19.6 Å². The van der Waals surface area contributed by atoms with Crippen LogP contribution in [0.5, 0.6) is 0 Å². The molecule has 3 aromatic heterocycles. The summed E-state index contributed by atoms with van der Waals surface area (Å²) in [5, 5.41) is 8.20. The summed E-state index contributed by atoms with van der Waals surface area (Å²) < 4.78 is 40.5. The average Bonchev–Trinajstić information content (AvgIpc) is 3.25. The number of carbonyl (C=O) groups is 1. The highest BCUT2D eigenvalue weighted by Gasteiger charge is 2.31. The molecular weight excluding hydrogens is 507 g/mol. The van der Waals surface area contributed by atoms with Gasteiger partial charge in [-0.1, -0.05) is 41.9 Å². The van der Waals surface area contributed by atoms with Crippen LogP contribution in [0.15, 0.2) is 73.2 Å². The van der Waals surface area contributed by atoms with Crippen LogP contribution in [0, 0.1) is 0 Å². The molecule has 5 aromatic rings. The summed E-state index contributed by atoms with van der Waals surface area (Å²) >= 11 is 6.32. The fraction of sp³-hybridized carbons (Fsp3) is 0.0800. The minimum atomic E-state index is -4.55. The van der Waals surface area contributed by atoms with E-state index in [4.69, 9.17) is 22.4 Å². The molecule has 37 heavy (non-hydrogen) atoms. The fourth-order valence-electron chi connectivity index (χ4n) is 3.77. The predicted octanol–water partition coefficient (Wildman–Crippen LogP) is 5.44. The summed E-state index contributed by atoms with van der Waals surface area (Å²) in [6, 6.07) is 15.3. The number of amides is 1. The lowest BCUT2D eigenvalue weighted by Crippen LogP contribution is -2.14. The van der Waals surface area contributed by atoms with Crippen LogP contribution in [0.3, 0.4) is 0 Å². The Kier molecular flexibility index (Phi) is 6.22. The molecule has 0 saturated heterocycles. The quantitative estimate of drug-likeness (QED) is 0.317. The van der Waals surface area contributed by atoms with Crippen molar-refractivity contribution < 1.29 is 18.0 Å². The van der Waals surface area contributed by atoms with E-state index in [0.717, 1.165) is 23.9 Å². The lowest BCUT2D eigenvalue weighted by atomic mass is 10.1. The highest BCUT2D eigenvalue weighted by atomic mass is 35.5. The largest absolute Gasteiger partial charge is 0.416 e. The summed E-state index contributed by atoms with van der Waals surface area (Å²) in [6.07, 6.45) is -2.22. The number of nitrogens with one attached hydrogen (secondary N) is 1. The van der Waals surface area contributed by atoms with Gasteiger partial charge in [-0.3, -0.25) is 4.79 Å². The van der Waals surface area contributed by atoms with Gasteiger partial charge < -0.3 is 11.1 Å². The number of rotatable bonds is 5. The van der Waals surface area contributed by atoms with Crippen LogP contribution in [-0.4, -0.2) is 30.6 Å². The van der Waals surface area contributed by atoms with Crippen molar-refractivity contribution in [2.45, 2.75) is 12.7 Å². The Bertz CT molecular complexity index is 1620. The van der Waals surface area contributed by atoms with Gasteiger partial charge in [-0.15, -0.1) is 0 Å². The van der Waals surface area contributed by atoms with Gasteiger partial charge in [0, 0.05) is 22.3 Å². The van der Waals surface area contributed by atoms with Gasteiger partial charge in [0.2, 0.25) is 0 Å². The highest BCUT2D eigenvalue weighted by molar-refractivity contribution is 6.31. The first-order chi connectivity index (χ1) is 17.7. The number of fused-ring (bicyclic) bond motifs is 1. The second-order valence-corrected chi connectivity index (χ2v) is 8.42. The number of alkyl halides is 3. The van der Waals surface area contributed by atoms with E-state index in [1.54, 1.807) is 22.9 Å². The molecule has 3 N–H and O–H groups in total. The number of carbonyl (C=O) groups excluding carboxylic acids is 1. The van der Waals surface area contributed by atoms with Crippen molar-refractivity contribution in [2.24, 2.45) is 0 Å². The van der Waals surface area contributed by atoms with E-state index in [0.29, 0.717) is 33.9 Å². The Morgan fingerprint density at radius 2 is 1.78 bits per heavy atom. The molecule has 0 aliphatic carbocycles. The van der Waals surface area contributed by atoms with E-state index in [-0.39, 0.29) is 17.2 Å². The maximum absolute atomic E-state index is 12.9. The van der Waals surface area contributed by atoms with Crippen LogP contribution >= 0.6 is 11.6 Å². The van der Waals surface area contributed by atoms with Gasteiger partial charge in [0.1, 0.15) is 23.7 Å². The van der Waals surface area contributed by atoms with Crippen molar-refractivity contribution >= 4 is 40.2 Å². The minimum absolute atomic E-state index is 0.210. The molecule has 186 valence electrons. The zero-order valence-electron chi connectivity index (χ0n) is 18.9. The number of hydrogen-bond acceptors (Lipinski definition) is 6. The van der Waals surface area contributed by atoms with Crippen LogP contribution in [0.4, 0.5) is 24.8 Å². The number of aromatic nitrogens is 5. The molecule has 5 rings (SSSR count). The molecule has 0 unspecified atom stereocenters. The van der Waals surface area contributed by atoms with Gasteiger partial charge in [-0.05, 0) is 35.9 Å². The van der Waals surface area contributed by atoms with E-state index < -0.39 is 17.6 Å². The molecule has 12 heteroatoms. The Labute approximate surface area is 212 Å². The molecule has 0 saturated carbocycles. The Hall–Kier alpha value is -4.51. The molecule has 0 bridgehead atoms. The van der Waals surface area contributed by atoms with Crippen LogP contribution in [0.2, 0.25) is 5.02 Å². The van der Waals surface area contributed by atoms with E-state index in [1.165, 1.54) is 18.5 Å². The Morgan fingerprint density at radius 3 is 2.51 bits per heavy atom. The Balaban J connectivity index is 1.44. The third-order valence-corrected chi connectivity index (χ3v) is 5.95. The van der Waals surface area contributed by atoms with Gasteiger partial charge in [-0.2, -0.15) is 18.3 Å². The molecule has 0 aliphatic rings. The number of nitrogens with two attached hydrogens (primary N) is 1. The number of halogens is 4. The van der Waals surface area contributed by atoms with Crippen molar-refractivity contribution in [1.82, 2.24) is 24.7 Å².